The van der Waals surface area contributed by atoms with Gasteiger partial charge < -0.3 is 21.3 Å². The van der Waals surface area contributed by atoms with E-state index in [9.17, 15) is 4.79 Å². The Balaban J connectivity index is 4.41. The normalized spacial score (nSPS) is 12.9. The van der Waals surface area contributed by atoms with Gasteiger partial charge in [-0.3, -0.25) is 4.79 Å². The lowest BCUT2D eigenvalue weighted by atomic mass is 10.3. The van der Waals surface area contributed by atoms with Crippen LogP contribution in [0, 0.1) is 0 Å². The molecule has 0 rings (SSSR count). The molecule has 5 nitrogen and oxygen atoms in total. The van der Waals surface area contributed by atoms with Crippen molar-refractivity contribution in [2.24, 2.45) is 5.73 Å². The van der Waals surface area contributed by atoms with Gasteiger partial charge >= 0.3 is 0 Å². The van der Waals surface area contributed by atoms with Crippen molar-refractivity contribution >= 4 is 6.29 Å². The smallest absolute Gasteiger partial charge is 0.144 e. The molecule has 0 atom stereocenters. The predicted molar refractivity (Wildman–Crippen MR) is 66.3 cm³/mol. The highest BCUT2D eigenvalue weighted by molar-refractivity contribution is 5.67. The van der Waals surface area contributed by atoms with Crippen molar-refractivity contribution in [3.05, 3.63) is 35.9 Å². The van der Waals surface area contributed by atoms with Crippen molar-refractivity contribution in [1.29, 1.82) is 0 Å². The minimum absolute atomic E-state index is 0.596. The second kappa shape index (κ2) is 8.55. The predicted octanol–water partition coefficient (Wildman–Crippen LogP) is -0.246. The minimum atomic E-state index is 0.596. The summed E-state index contributed by atoms with van der Waals surface area (Å²) in [5, 5.41) is 5.87. The molecule has 0 amide bonds. The van der Waals surface area contributed by atoms with Crippen LogP contribution in [-0.2, 0) is 4.79 Å². The average molecular weight is 224 g/mol. The quantitative estimate of drug-likeness (QED) is 0.316. The van der Waals surface area contributed by atoms with E-state index in [1.165, 1.54) is 6.08 Å². The van der Waals surface area contributed by atoms with Crippen LogP contribution in [0.25, 0.3) is 0 Å². The maximum atomic E-state index is 10.4. The third-order valence-corrected chi connectivity index (χ3v) is 1.60. The molecule has 0 aromatic rings. The van der Waals surface area contributed by atoms with Crippen molar-refractivity contribution in [3.8, 4) is 0 Å². The fraction of sp³-hybridized carbons (Fsp3) is 0.364. The Bertz CT molecular complexity index is 292. The van der Waals surface area contributed by atoms with Gasteiger partial charge in [-0.05, 0) is 13.1 Å². The Morgan fingerprint density at radius 3 is 2.62 bits per heavy atom. The number of rotatable bonds is 7. The van der Waals surface area contributed by atoms with E-state index in [1.807, 2.05) is 32.2 Å². The van der Waals surface area contributed by atoms with Crippen LogP contribution in [0.3, 0.4) is 0 Å². The average Bonchev–Trinajstić information content (AvgIpc) is 2.22. The summed E-state index contributed by atoms with van der Waals surface area (Å²) in [6.07, 6.45) is 7.45. The van der Waals surface area contributed by atoms with E-state index in [2.05, 4.69) is 10.6 Å². The van der Waals surface area contributed by atoms with E-state index in [4.69, 9.17) is 5.73 Å². The first-order valence-electron chi connectivity index (χ1n) is 4.96. The molecule has 0 saturated carbocycles. The minimum Gasteiger partial charge on any atom is -0.400 e. The fourth-order valence-corrected chi connectivity index (χ4v) is 0.886. The van der Waals surface area contributed by atoms with Gasteiger partial charge in [-0.25, -0.2) is 0 Å². The molecule has 0 aliphatic carbocycles. The molecule has 4 N–H and O–H groups in total. The molecule has 0 fully saturated rings. The zero-order valence-electron chi connectivity index (χ0n) is 10.0. The largest absolute Gasteiger partial charge is 0.400 e. The molecule has 5 heteroatoms. The summed E-state index contributed by atoms with van der Waals surface area (Å²) < 4.78 is 0. The summed E-state index contributed by atoms with van der Waals surface area (Å²) in [4.78, 5) is 12.3. The molecule has 0 aromatic carbocycles. The number of carbonyl (C=O) groups is 1. The number of nitrogens with zero attached hydrogens (tertiary/aromatic N) is 1. The summed E-state index contributed by atoms with van der Waals surface area (Å²) in [7, 11) is 5.62. The molecule has 0 unspecified atom stereocenters. The third kappa shape index (κ3) is 7.64. The van der Waals surface area contributed by atoms with Crippen LogP contribution in [-0.4, -0.2) is 38.9 Å². The first kappa shape index (κ1) is 14.2. The zero-order valence-corrected chi connectivity index (χ0v) is 10.0. The lowest BCUT2D eigenvalue weighted by Crippen LogP contribution is -2.19. The van der Waals surface area contributed by atoms with E-state index in [1.54, 1.807) is 12.3 Å². The second-order valence-electron chi connectivity index (χ2n) is 3.43. The fourth-order valence-electron chi connectivity index (χ4n) is 0.886. The number of nitrogens with one attached hydrogen (secondary N) is 2. The van der Waals surface area contributed by atoms with Gasteiger partial charge in [0, 0.05) is 50.5 Å². The Hall–Kier alpha value is -1.75. The summed E-state index contributed by atoms with van der Waals surface area (Å²) >= 11 is 0. The molecule has 0 aliphatic rings. The highest BCUT2D eigenvalue weighted by Crippen LogP contribution is 1.93. The van der Waals surface area contributed by atoms with E-state index >= 15 is 0 Å². The molecule has 0 aliphatic heterocycles. The standard InChI is InChI=1S/C11H20N4O/c1-13-8-10(12)9-14-11(5-7-16)4-6-15(2)3/h4-7,9,13-14H,8,12H2,1-3H3/b6-4-,10-9-,11-5+. The summed E-state index contributed by atoms with van der Waals surface area (Å²) in [5.41, 5.74) is 7.02. The van der Waals surface area contributed by atoms with E-state index in [0.717, 1.165) is 6.29 Å². The van der Waals surface area contributed by atoms with E-state index < -0.39 is 0 Å². The van der Waals surface area contributed by atoms with Crippen LogP contribution >= 0.6 is 0 Å². The Labute approximate surface area is 96.7 Å². The molecule has 0 spiro atoms. The Kier molecular flexibility index (Phi) is 7.61. The number of likely N-dealkylation sites (N-methyl/N-ethyl adjacent to an activating group) is 1. The monoisotopic (exact) mass is 224 g/mol. The molecular weight excluding hydrogens is 204 g/mol. The highest BCUT2D eigenvalue weighted by Gasteiger charge is 1.90. The van der Waals surface area contributed by atoms with Crippen molar-refractivity contribution < 1.29 is 4.79 Å². The van der Waals surface area contributed by atoms with Crippen molar-refractivity contribution in [2.75, 3.05) is 27.7 Å². The number of carbonyl (C=O) groups excluding carboxylic acids is 1. The van der Waals surface area contributed by atoms with Gasteiger partial charge in [-0.15, -0.1) is 0 Å². The highest BCUT2D eigenvalue weighted by atomic mass is 16.1. The second-order valence-corrected chi connectivity index (χ2v) is 3.43. The Morgan fingerprint density at radius 1 is 1.44 bits per heavy atom. The van der Waals surface area contributed by atoms with Crippen molar-refractivity contribution in [1.82, 2.24) is 15.5 Å². The number of nitrogens with two attached hydrogens (primary N) is 1. The molecule has 0 saturated heterocycles. The lowest BCUT2D eigenvalue weighted by molar-refractivity contribution is -0.104. The number of hydrogen-bond donors (Lipinski definition) is 3. The van der Waals surface area contributed by atoms with Gasteiger partial charge in [-0.1, -0.05) is 0 Å². The van der Waals surface area contributed by atoms with Gasteiger partial charge in [0.2, 0.25) is 0 Å². The van der Waals surface area contributed by atoms with Crippen molar-refractivity contribution in [3.63, 3.8) is 0 Å². The first-order chi connectivity index (χ1) is 7.60. The lowest BCUT2D eigenvalue weighted by Gasteiger charge is -2.06. The van der Waals surface area contributed by atoms with Gasteiger partial charge in [-0.2, -0.15) is 0 Å². The van der Waals surface area contributed by atoms with Crippen LogP contribution in [0.1, 0.15) is 0 Å². The van der Waals surface area contributed by atoms with Gasteiger partial charge in [0.15, 0.2) is 0 Å². The molecule has 0 bridgehead atoms. The van der Waals surface area contributed by atoms with Crippen LogP contribution in [0.15, 0.2) is 35.9 Å². The molecular formula is C11H20N4O. The van der Waals surface area contributed by atoms with Gasteiger partial charge in [0.05, 0.1) is 0 Å². The molecule has 0 radical (unpaired) electrons. The van der Waals surface area contributed by atoms with Gasteiger partial charge in [0.25, 0.3) is 0 Å². The van der Waals surface area contributed by atoms with Crippen LogP contribution < -0.4 is 16.4 Å². The number of aldehydes is 1. The van der Waals surface area contributed by atoms with Crippen LogP contribution in [0.2, 0.25) is 0 Å². The molecule has 90 valence electrons. The van der Waals surface area contributed by atoms with Gasteiger partial charge in [0.1, 0.15) is 6.29 Å². The van der Waals surface area contributed by atoms with Crippen molar-refractivity contribution in [2.45, 2.75) is 0 Å². The van der Waals surface area contributed by atoms with Crippen LogP contribution in [0.5, 0.6) is 0 Å². The molecule has 16 heavy (non-hydrogen) atoms. The van der Waals surface area contributed by atoms with Crippen LogP contribution in [0.4, 0.5) is 0 Å². The maximum Gasteiger partial charge on any atom is 0.144 e. The van der Waals surface area contributed by atoms with E-state index in [-0.39, 0.29) is 0 Å². The number of allylic oxidation sites excluding steroid dienone is 2. The SMILES string of the molecule is CNC/C(N)=C/NC(/C=C\N(C)C)=C/C=O. The first-order valence-corrected chi connectivity index (χ1v) is 4.96. The van der Waals surface area contributed by atoms with E-state index in [0.29, 0.717) is 17.9 Å². The maximum absolute atomic E-state index is 10.4. The topological polar surface area (TPSA) is 70.4 Å². The molecule has 0 heterocycles. The Morgan fingerprint density at radius 2 is 2.12 bits per heavy atom. The summed E-state index contributed by atoms with van der Waals surface area (Å²) in [5.74, 6) is 0. The number of hydrogen-bond acceptors (Lipinski definition) is 5. The molecule has 0 aromatic heterocycles. The summed E-state index contributed by atoms with van der Waals surface area (Å²) in [6.45, 7) is 0.596. The summed E-state index contributed by atoms with van der Waals surface area (Å²) in [6, 6.07) is 0. The third-order valence-electron chi connectivity index (χ3n) is 1.60. The zero-order chi connectivity index (χ0) is 12.4.